The summed E-state index contributed by atoms with van der Waals surface area (Å²) in [4.78, 5) is 2.80. The minimum absolute atomic E-state index is 0.960. The molecular weight excluding hydrogens is 170 g/mol. The van der Waals surface area contributed by atoms with Crippen LogP contribution >= 0.6 is 0 Å². The van der Waals surface area contributed by atoms with E-state index in [0.717, 1.165) is 6.04 Å². The van der Waals surface area contributed by atoms with E-state index in [2.05, 4.69) is 4.90 Å². The lowest BCUT2D eigenvalue weighted by molar-refractivity contribution is 0.143. The maximum Gasteiger partial charge on any atom is 0.00952 e. The zero-order valence-electron chi connectivity index (χ0n) is 9.51. The molecule has 0 atom stereocenters. The van der Waals surface area contributed by atoms with Gasteiger partial charge in [0, 0.05) is 6.04 Å². The molecule has 0 aromatic carbocycles. The van der Waals surface area contributed by atoms with Gasteiger partial charge >= 0.3 is 0 Å². The highest BCUT2D eigenvalue weighted by Crippen LogP contribution is 2.24. The summed E-state index contributed by atoms with van der Waals surface area (Å²) in [5.74, 6) is 0. The van der Waals surface area contributed by atoms with E-state index in [1.807, 2.05) is 0 Å². The number of hydrogen-bond acceptors (Lipinski definition) is 1. The molecule has 0 unspecified atom stereocenters. The first-order valence-electron chi connectivity index (χ1n) is 6.71. The molecule has 0 bridgehead atoms. The molecule has 0 radical (unpaired) electrons. The van der Waals surface area contributed by atoms with Crippen molar-refractivity contribution in [2.24, 2.45) is 0 Å². The standard InChI is InChI=1S/C13H25N/c1-2-7-11-14(12-8-3-1)13-9-5-4-6-10-13/h13H,1-12H2. The van der Waals surface area contributed by atoms with Gasteiger partial charge in [-0.25, -0.2) is 0 Å². The van der Waals surface area contributed by atoms with Crippen molar-refractivity contribution in [2.45, 2.75) is 70.3 Å². The number of rotatable bonds is 1. The van der Waals surface area contributed by atoms with Crippen LogP contribution in [0.1, 0.15) is 64.2 Å². The largest absolute Gasteiger partial charge is 0.300 e. The fourth-order valence-electron chi connectivity index (χ4n) is 3.08. The smallest absolute Gasteiger partial charge is 0.00952 e. The zero-order chi connectivity index (χ0) is 9.64. The van der Waals surface area contributed by atoms with E-state index in [4.69, 9.17) is 0 Å². The second-order valence-electron chi connectivity index (χ2n) is 5.10. The lowest BCUT2D eigenvalue weighted by Crippen LogP contribution is -2.38. The van der Waals surface area contributed by atoms with Gasteiger partial charge in [0.05, 0.1) is 0 Å². The molecule has 0 aromatic rings. The van der Waals surface area contributed by atoms with Crippen LogP contribution < -0.4 is 0 Å². The Bertz CT molecular complexity index is 141. The van der Waals surface area contributed by atoms with E-state index >= 15 is 0 Å². The minimum Gasteiger partial charge on any atom is -0.300 e. The monoisotopic (exact) mass is 195 g/mol. The zero-order valence-corrected chi connectivity index (χ0v) is 9.51. The Balaban J connectivity index is 1.80. The van der Waals surface area contributed by atoms with Gasteiger partial charge in [0.2, 0.25) is 0 Å². The molecule has 2 fully saturated rings. The Kier molecular flexibility index (Phi) is 4.30. The maximum absolute atomic E-state index is 2.80. The molecule has 2 rings (SSSR count). The summed E-state index contributed by atoms with van der Waals surface area (Å²) in [5, 5.41) is 0. The molecule has 1 heteroatoms. The fraction of sp³-hybridized carbons (Fsp3) is 1.00. The molecule has 1 aliphatic heterocycles. The van der Waals surface area contributed by atoms with Gasteiger partial charge in [-0.2, -0.15) is 0 Å². The molecule has 1 aliphatic carbocycles. The first-order valence-corrected chi connectivity index (χ1v) is 6.71. The molecule has 1 saturated heterocycles. The molecular formula is C13H25N. The predicted octanol–water partition coefficient (Wildman–Crippen LogP) is 3.59. The van der Waals surface area contributed by atoms with Gasteiger partial charge in [-0.05, 0) is 38.8 Å². The average molecular weight is 195 g/mol. The normalized spacial score (nSPS) is 28.3. The topological polar surface area (TPSA) is 3.24 Å². The molecule has 1 saturated carbocycles. The summed E-state index contributed by atoms with van der Waals surface area (Å²) in [7, 11) is 0. The first-order chi connectivity index (χ1) is 6.97. The van der Waals surface area contributed by atoms with E-state index in [1.165, 1.54) is 77.3 Å². The number of hydrogen-bond donors (Lipinski definition) is 0. The van der Waals surface area contributed by atoms with Crippen LogP contribution in [0.15, 0.2) is 0 Å². The lowest BCUT2D eigenvalue weighted by atomic mass is 9.93. The van der Waals surface area contributed by atoms with Crippen LogP contribution in [0.25, 0.3) is 0 Å². The van der Waals surface area contributed by atoms with E-state index in [1.54, 1.807) is 0 Å². The quantitative estimate of drug-likeness (QED) is 0.618. The Hall–Kier alpha value is -0.0400. The number of likely N-dealkylation sites (tertiary alicyclic amines) is 1. The fourth-order valence-corrected chi connectivity index (χ4v) is 3.08. The van der Waals surface area contributed by atoms with Crippen LogP contribution in [0.5, 0.6) is 0 Å². The van der Waals surface area contributed by atoms with E-state index in [0.29, 0.717) is 0 Å². The molecule has 1 nitrogen and oxygen atoms in total. The summed E-state index contributed by atoms with van der Waals surface area (Å²) in [6, 6.07) is 0.960. The van der Waals surface area contributed by atoms with Crippen molar-refractivity contribution in [3.05, 3.63) is 0 Å². The van der Waals surface area contributed by atoms with Crippen LogP contribution in [0, 0.1) is 0 Å². The van der Waals surface area contributed by atoms with Gasteiger partial charge < -0.3 is 4.90 Å². The highest BCUT2D eigenvalue weighted by Gasteiger charge is 2.20. The molecule has 0 spiro atoms. The summed E-state index contributed by atoms with van der Waals surface area (Å²) in [6.07, 6.45) is 14.8. The molecule has 0 amide bonds. The lowest BCUT2D eigenvalue weighted by Gasteiger charge is -2.35. The van der Waals surface area contributed by atoms with Crippen LogP contribution in [-0.4, -0.2) is 24.0 Å². The third kappa shape index (κ3) is 2.98. The molecule has 14 heavy (non-hydrogen) atoms. The van der Waals surface area contributed by atoms with Gasteiger partial charge in [0.1, 0.15) is 0 Å². The molecule has 0 N–H and O–H groups in total. The minimum atomic E-state index is 0.960. The van der Waals surface area contributed by atoms with Crippen molar-refractivity contribution in [3.63, 3.8) is 0 Å². The van der Waals surface area contributed by atoms with E-state index in [-0.39, 0.29) is 0 Å². The third-order valence-electron chi connectivity index (χ3n) is 3.98. The summed E-state index contributed by atoms with van der Waals surface area (Å²) >= 11 is 0. The predicted molar refractivity (Wildman–Crippen MR) is 61.5 cm³/mol. The van der Waals surface area contributed by atoms with Crippen LogP contribution in [0.3, 0.4) is 0 Å². The Labute approximate surface area is 88.9 Å². The van der Waals surface area contributed by atoms with Crippen molar-refractivity contribution in [1.82, 2.24) is 4.90 Å². The molecule has 82 valence electrons. The first kappa shape index (κ1) is 10.5. The van der Waals surface area contributed by atoms with Crippen LogP contribution in [0.4, 0.5) is 0 Å². The second kappa shape index (κ2) is 5.75. The van der Waals surface area contributed by atoms with Crippen molar-refractivity contribution in [3.8, 4) is 0 Å². The van der Waals surface area contributed by atoms with Crippen molar-refractivity contribution in [2.75, 3.05) is 13.1 Å². The van der Waals surface area contributed by atoms with Crippen LogP contribution in [0.2, 0.25) is 0 Å². The molecule has 2 aliphatic rings. The maximum atomic E-state index is 2.80. The van der Waals surface area contributed by atoms with Gasteiger partial charge in [-0.15, -0.1) is 0 Å². The SMILES string of the molecule is C1CCCN(C2CCCCC2)CCC1. The van der Waals surface area contributed by atoms with Crippen molar-refractivity contribution < 1.29 is 0 Å². The van der Waals surface area contributed by atoms with E-state index in [9.17, 15) is 0 Å². The Morgan fingerprint density at radius 3 is 1.71 bits per heavy atom. The van der Waals surface area contributed by atoms with Gasteiger partial charge in [0.25, 0.3) is 0 Å². The summed E-state index contributed by atoms with van der Waals surface area (Å²) in [5.41, 5.74) is 0. The highest BCUT2D eigenvalue weighted by molar-refractivity contribution is 4.76. The van der Waals surface area contributed by atoms with Crippen LogP contribution in [-0.2, 0) is 0 Å². The van der Waals surface area contributed by atoms with Gasteiger partial charge in [0.15, 0.2) is 0 Å². The van der Waals surface area contributed by atoms with E-state index < -0.39 is 0 Å². The second-order valence-corrected chi connectivity index (χ2v) is 5.10. The Morgan fingerprint density at radius 2 is 1.07 bits per heavy atom. The average Bonchev–Trinajstić information content (AvgIpc) is 2.18. The van der Waals surface area contributed by atoms with Gasteiger partial charge in [-0.3, -0.25) is 0 Å². The highest BCUT2D eigenvalue weighted by atomic mass is 15.1. The van der Waals surface area contributed by atoms with Crippen molar-refractivity contribution >= 4 is 0 Å². The molecule has 1 heterocycles. The third-order valence-corrected chi connectivity index (χ3v) is 3.98. The van der Waals surface area contributed by atoms with Gasteiger partial charge in [-0.1, -0.05) is 38.5 Å². The number of nitrogens with zero attached hydrogens (tertiary/aromatic N) is 1. The Morgan fingerprint density at radius 1 is 0.571 bits per heavy atom. The summed E-state index contributed by atoms with van der Waals surface area (Å²) in [6.45, 7) is 2.79. The summed E-state index contributed by atoms with van der Waals surface area (Å²) < 4.78 is 0. The molecule has 0 aromatic heterocycles. The van der Waals surface area contributed by atoms with Crippen molar-refractivity contribution in [1.29, 1.82) is 0 Å².